The number of hydrogen-bond acceptors (Lipinski definition) is 4. The molecule has 3 saturated heterocycles. The molecule has 4 aliphatic rings. The first kappa shape index (κ1) is 18.3. The summed E-state index contributed by atoms with van der Waals surface area (Å²) < 4.78 is 0. The van der Waals surface area contributed by atoms with E-state index >= 15 is 0 Å². The number of guanidine groups is 1. The van der Waals surface area contributed by atoms with Gasteiger partial charge in [-0.25, -0.2) is 0 Å². The van der Waals surface area contributed by atoms with E-state index < -0.39 is 0 Å². The van der Waals surface area contributed by atoms with Crippen molar-refractivity contribution in [2.75, 3.05) is 57.7 Å². The summed E-state index contributed by atoms with van der Waals surface area (Å²) in [5.74, 6) is 1.10. The molecule has 2 bridgehead atoms. The molecule has 3 N–H and O–H groups in total. The van der Waals surface area contributed by atoms with E-state index in [0.717, 1.165) is 44.4 Å². The fourth-order valence-electron chi connectivity index (χ4n) is 4.34. The molecule has 1 aromatic carbocycles. The van der Waals surface area contributed by atoms with E-state index in [1.54, 1.807) is 0 Å². The zero-order valence-electron chi connectivity index (χ0n) is 16.1. The van der Waals surface area contributed by atoms with Crippen molar-refractivity contribution in [3.63, 3.8) is 0 Å². The van der Waals surface area contributed by atoms with E-state index in [4.69, 9.17) is 4.99 Å². The van der Waals surface area contributed by atoms with Gasteiger partial charge in [-0.05, 0) is 18.6 Å². The van der Waals surface area contributed by atoms with Crippen LogP contribution in [0.25, 0.3) is 0 Å². The Bertz CT molecular complexity index is 697. The van der Waals surface area contributed by atoms with Gasteiger partial charge in [0, 0.05) is 69.9 Å². The normalized spacial score (nSPS) is 29.8. The third kappa shape index (κ3) is 4.25. The smallest absolute Gasteiger partial charge is 0.225 e. The summed E-state index contributed by atoms with van der Waals surface area (Å²) in [6.07, 6.45) is 0.509. The molecule has 4 aliphatic heterocycles. The van der Waals surface area contributed by atoms with E-state index in [0.29, 0.717) is 19.0 Å². The lowest BCUT2D eigenvalue weighted by Gasteiger charge is -2.47. The maximum absolute atomic E-state index is 12.0. The number of anilines is 1. The Hall–Kier alpha value is -2.12. The van der Waals surface area contributed by atoms with Gasteiger partial charge in [0.25, 0.3) is 0 Å². The van der Waals surface area contributed by atoms with Crippen LogP contribution < -0.4 is 16.0 Å². The minimum absolute atomic E-state index is 0.0857. The summed E-state index contributed by atoms with van der Waals surface area (Å²) in [5.41, 5.74) is 2.13. The van der Waals surface area contributed by atoms with Crippen molar-refractivity contribution in [1.29, 1.82) is 0 Å². The highest BCUT2D eigenvalue weighted by Crippen LogP contribution is 2.31. The van der Waals surface area contributed by atoms with Crippen LogP contribution in [-0.2, 0) is 4.79 Å². The molecule has 1 aromatic rings. The predicted molar refractivity (Wildman–Crippen MR) is 108 cm³/mol. The number of fused-ring (bicyclic) bond motifs is 4. The highest BCUT2D eigenvalue weighted by atomic mass is 16.1. The van der Waals surface area contributed by atoms with E-state index in [2.05, 4.69) is 38.7 Å². The van der Waals surface area contributed by atoms with Crippen LogP contribution in [0.5, 0.6) is 0 Å². The highest BCUT2D eigenvalue weighted by Gasteiger charge is 2.31. The number of piperazine rings is 3. The average Bonchev–Trinajstić information content (AvgIpc) is 2.70. The number of hydrogen-bond donors (Lipinski definition) is 3. The second kappa shape index (κ2) is 8.27. The summed E-state index contributed by atoms with van der Waals surface area (Å²) >= 11 is 0. The standard InChI is InChI=1S/C20H30N6O/c1-2-21-20(23-13-16-14-25-7-9-26(16)10-8-25)22-12-15-11-19(27)24-18-6-4-3-5-17(15)18/h3-6,15-16H,2,7-14H2,1H3,(H,24,27)(H2,21,22,23). The van der Waals surface area contributed by atoms with Crippen LogP contribution in [0.2, 0.25) is 0 Å². The lowest BCUT2D eigenvalue weighted by atomic mass is 9.90. The van der Waals surface area contributed by atoms with Gasteiger partial charge in [-0.3, -0.25) is 19.6 Å². The van der Waals surface area contributed by atoms with Crippen LogP contribution in [-0.4, -0.2) is 80.1 Å². The van der Waals surface area contributed by atoms with Gasteiger partial charge in [0.2, 0.25) is 5.91 Å². The highest BCUT2D eigenvalue weighted by molar-refractivity contribution is 5.94. The molecule has 0 aliphatic carbocycles. The van der Waals surface area contributed by atoms with Crippen molar-refractivity contribution >= 4 is 17.6 Å². The van der Waals surface area contributed by atoms with E-state index in [9.17, 15) is 4.79 Å². The third-order valence-corrected chi connectivity index (χ3v) is 5.82. The Balaban J connectivity index is 1.38. The number of rotatable bonds is 5. The summed E-state index contributed by atoms with van der Waals surface area (Å²) in [6, 6.07) is 8.59. The van der Waals surface area contributed by atoms with Gasteiger partial charge in [-0.1, -0.05) is 18.2 Å². The zero-order chi connectivity index (χ0) is 18.6. The third-order valence-electron chi connectivity index (χ3n) is 5.82. The van der Waals surface area contributed by atoms with Crippen molar-refractivity contribution in [3.05, 3.63) is 29.8 Å². The van der Waals surface area contributed by atoms with Crippen molar-refractivity contribution in [1.82, 2.24) is 20.4 Å². The fourth-order valence-corrected chi connectivity index (χ4v) is 4.34. The Kier molecular flexibility index (Phi) is 5.59. The molecule has 4 heterocycles. The van der Waals surface area contributed by atoms with Gasteiger partial charge in [0.15, 0.2) is 5.96 Å². The number of aliphatic imine (C=N–C) groups is 1. The first-order chi connectivity index (χ1) is 13.2. The van der Waals surface area contributed by atoms with Gasteiger partial charge in [-0.2, -0.15) is 0 Å². The molecular weight excluding hydrogens is 340 g/mol. The monoisotopic (exact) mass is 370 g/mol. The molecule has 0 saturated carbocycles. The number of benzene rings is 1. The van der Waals surface area contributed by atoms with Gasteiger partial charge in [-0.15, -0.1) is 0 Å². The van der Waals surface area contributed by atoms with Crippen molar-refractivity contribution in [2.24, 2.45) is 4.99 Å². The molecule has 27 heavy (non-hydrogen) atoms. The van der Waals surface area contributed by atoms with Crippen molar-refractivity contribution in [2.45, 2.75) is 25.3 Å². The molecule has 7 heteroatoms. The second-order valence-electron chi connectivity index (χ2n) is 7.63. The number of nitrogens with zero attached hydrogens (tertiary/aromatic N) is 3. The molecule has 2 atom stereocenters. The average molecular weight is 371 g/mol. The molecule has 146 valence electrons. The predicted octanol–water partition coefficient (Wildman–Crippen LogP) is 0.667. The Morgan fingerprint density at radius 3 is 2.78 bits per heavy atom. The van der Waals surface area contributed by atoms with E-state index in [1.807, 2.05) is 18.2 Å². The molecule has 2 unspecified atom stereocenters. The Morgan fingerprint density at radius 2 is 2.04 bits per heavy atom. The van der Waals surface area contributed by atoms with Gasteiger partial charge in [0.1, 0.15) is 0 Å². The molecule has 0 aromatic heterocycles. The molecule has 0 radical (unpaired) electrons. The SMILES string of the molecule is CCNC(=NCC1CN2CCN1CC2)NCC1CC(=O)Nc2ccccc21. The lowest BCUT2D eigenvalue weighted by Crippen LogP contribution is -2.62. The number of carbonyl (C=O) groups is 1. The van der Waals surface area contributed by atoms with Crippen molar-refractivity contribution < 1.29 is 4.79 Å². The summed E-state index contributed by atoms with van der Waals surface area (Å²) in [4.78, 5) is 22.0. The topological polar surface area (TPSA) is 72.0 Å². The van der Waals surface area contributed by atoms with Crippen LogP contribution in [0, 0.1) is 0 Å². The van der Waals surface area contributed by atoms with E-state index in [-0.39, 0.29) is 11.8 Å². The summed E-state index contributed by atoms with van der Waals surface area (Å²) in [7, 11) is 0. The van der Waals surface area contributed by atoms with E-state index in [1.165, 1.54) is 18.7 Å². The number of para-hydroxylation sites is 1. The minimum Gasteiger partial charge on any atom is -0.357 e. The number of nitrogens with one attached hydrogen (secondary N) is 3. The van der Waals surface area contributed by atoms with Gasteiger partial charge < -0.3 is 16.0 Å². The van der Waals surface area contributed by atoms with Crippen LogP contribution >= 0.6 is 0 Å². The molecule has 3 fully saturated rings. The molecule has 1 amide bonds. The first-order valence-electron chi connectivity index (χ1n) is 10.1. The molecule has 0 spiro atoms. The maximum atomic E-state index is 12.0. The summed E-state index contributed by atoms with van der Waals surface area (Å²) in [5, 5.41) is 9.77. The molecular formula is C20H30N6O. The van der Waals surface area contributed by atoms with Gasteiger partial charge >= 0.3 is 0 Å². The van der Waals surface area contributed by atoms with Crippen LogP contribution in [0.1, 0.15) is 24.8 Å². The lowest BCUT2D eigenvalue weighted by molar-refractivity contribution is -0.116. The van der Waals surface area contributed by atoms with Crippen molar-refractivity contribution in [3.8, 4) is 0 Å². The van der Waals surface area contributed by atoms with Crippen LogP contribution in [0.4, 0.5) is 5.69 Å². The minimum atomic E-state index is 0.0857. The van der Waals surface area contributed by atoms with Crippen LogP contribution in [0.3, 0.4) is 0 Å². The molecule has 7 nitrogen and oxygen atoms in total. The Morgan fingerprint density at radius 1 is 1.22 bits per heavy atom. The zero-order valence-corrected chi connectivity index (χ0v) is 16.1. The number of carbonyl (C=O) groups excluding carboxylic acids is 1. The Labute approximate surface area is 161 Å². The quantitative estimate of drug-likeness (QED) is 0.525. The largest absolute Gasteiger partial charge is 0.357 e. The fraction of sp³-hybridized carbons (Fsp3) is 0.600. The maximum Gasteiger partial charge on any atom is 0.225 e. The first-order valence-corrected chi connectivity index (χ1v) is 10.1. The number of amides is 1. The second-order valence-corrected chi connectivity index (χ2v) is 7.63. The van der Waals surface area contributed by atoms with Gasteiger partial charge in [0.05, 0.1) is 6.54 Å². The van der Waals surface area contributed by atoms with Crippen LogP contribution in [0.15, 0.2) is 29.3 Å². The molecule has 5 rings (SSSR count). The summed E-state index contributed by atoms with van der Waals surface area (Å²) in [6.45, 7) is 10.3.